The fourth-order valence-electron chi connectivity index (χ4n) is 1.38. The Labute approximate surface area is 95.1 Å². The van der Waals surface area contributed by atoms with Crippen molar-refractivity contribution in [1.29, 1.82) is 0 Å². The van der Waals surface area contributed by atoms with E-state index in [2.05, 4.69) is 55.8 Å². The molecule has 2 heteroatoms. The Bertz CT molecular complexity index is 313. The lowest BCUT2D eigenvalue weighted by Gasteiger charge is -2.19. The summed E-state index contributed by atoms with van der Waals surface area (Å²) in [6.07, 6.45) is 1.00. The maximum absolute atomic E-state index is 4.70. The van der Waals surface area contributed by atoms with E-state index in [-0.39, 0.29) is 5.41 Å². The summed E-state index contributed by atoms with van der Waals surface area (Å²) in [6, 6.07) is 4.32. The molecule has 0 atom stereocenters. The molecule has 1 rings (SSSR count). The van der Waals surface area contributed by atoms with Crippen LogP contribution in [0.1, 0.15) is 44.6 Å². The molecule has 0 saturated carbocycles. The largest absolute Gasteiger partial charge is 0.257 e. The number of pyridine rings is 1. The third-order valence-corrected chi connectivity index (χ3v) is 2.92. The molecule has 0 aliphatic heterocycles. The van der Waals surface area contributed by atoms with Gasteiger partial charge in [0.2, 0.25) is 0 Å². The molecule has 1 aromatic rings. The summed E-state index contributed by atoms with van der Waals surface area (Å²) < 4.78 is 0. The van der Waals surface area contributed by atoms with Gasteiger partial charge in [-0.3, -0.25) is 4.98 Å². The molecule has 0 N–H and O–H groups in total. The van der Waals surface area contributed by atoms with Gasteiger partial charge in [-0.05, 0) is 18.1 Å². The molecule has 0 aliphatic rings. The van der Waals surface area contributed by atoms with Gasteiger partial charge in [0.15, 0.2) is 0 Å². The van der Waals surface area contributed by atoms with Crippen LogP contribution in [0.5, 0.6) is 0 Å². The molecule has 1 heterocycles. The van der Waals surface area contributed by atoms with E-state index in [1.165, 1.54) is 17.0 Å². The van der Waals surface area contributed by atoms with Crippen molar-refractivity contribution in [3.05, 3.63) is 29.1 Å². The number of hydrogen-bond acceptors (Lipinski definition) is 1. The molecular formula is C12H18BrN. The Morgan fingerprint density at radius 2 is 1.93 bits per heavy atom. The number of aryl methyl sites for hydroxylation is 1. The van der Waals surface area contributed by atoms with Gasteiger partial charge < -0.3 is 0 Å². The van der Waals surface area contributed by atoms with Crippen molar-refractivity contribution in [3.8, 4) is 0 Å². The zero-order chi connectivity index (χ0) is 10.8. The van der Waals surface area contributed by atoms with Crippen LogP contribution >= 0.6 is 15.9 Å². The summed E-state index contributed by atoms with van der Waals surface area (Å²) in [5, 5.41) is 0.896. The number of hydrogen-bond donors (Lipinski definition) is 0. The second-order valence-corrected chi connectivity index (χ2v) is 5.10. The van der Waals surface area contributed by atoms with E-state index in [4.69, 9.17) is 4.98 Å². The molecule has 0 unspecified atom stereocenters. The van der Waals surface area contributed by atoms with Crippen LogP contribution < -0.4 is 0 Å². The first kappa shape index (κ1) is 11.7. The van der Waals surface area contributed by atoms with Crippen LogP contribution in [-0.4, -0.2) is 4.98 Å². The number of halogens is 1. The monoisotopic (exact) mass is 255 g/mol. The Kier molecular flexibility index (Phi) is 3.71. The zero-order valence-electron chi connectivity index (χ0n) is 9.39. The average molecular weight is 256 g/mol. The second kappa shape index (κ2) is 4.43. The Morgan fingerprint density at radius 1 is 1.29 bits per heavy atom. The van der Waals surface area contributed by atoms with Crippen molar-refractivity contribution in [1.82, 2.24) is 4.98 Å². The van der Waals surface area contributed by atoms with E-state index < -0.39 is 0 Å². The first-order valence-corrected chi connectivity index (χ1v) is 6.16. The molecule has 0 amide bonds. The van der Waals surface area contributed by atoms with Crippen LogP contribution in [0.3, 0.4) is 0 Å². The molecular weight excluding hydrogens is 238 g/mol. The third kappa shape index (κ3) is 2.57. The molecule has 0 spiro atoms. The van der Waals surface area contributed by atoms with Crippen molar-refractivity contribution >= 4 is 15.9 Å². The van der Waals surface area contributed by atoms with Gasteiger partial charge in [0.25, 0.3) is 0 Å². The normalized spacial score (nSPS) is 11.8. The lowest BCUT2D eigenvalue weighted by molar-refractivity contribution is 0.565. The third-order valence-electron chi connectivity index (χ3n) is 2.32. The van der Waals surface area contributed by atoms with Gasteiger partial charge in [0, 0.05) is 22.1 Å². The van der Waals surface area contributed by atoms with Gasteiger partial charge in [-0.25, -0.2) is 0 Å². The van der Waals surface area contributed by atoms with Crippen LogP contribution in [-0.2, 0) is 17.2 Å². The van der Waals surface area contributed by atoms with Crippen LogP contribution in [0.15, 0.2) is 12.1 Å². The van der Waals surface area contributed by atoms with Gasteiger partial charge in [0.1, 0.15) is 0 Å². The molecule has 0 saturated heterocycles. The summed E-state index contributed by atoms with van der Waals surface area (Å²) in [5.41, 5.74) is 3.85. The highest BCUT2D eigenvalue weighted by atomic mass is 79.9. The number of alkyl halides is 1. The van der Waals surface area contributed by atoms with Gasteiger partial charge >= 0.3 is 0 Å². The summed E-state index contributed by atoms with van der Waals surface area (Å²) >= 11 is 3.48. The predicted molar refractivity (Wildman–Crippen MR) is 64.9 cm³/mol. The minimum absolute atomic E-state index is 0.148. The Morgan fingerprint density at radius 3 is 2.36 bits per heavy atom. The summed E-state index contributed by atoms with van der Waals surface area (Å²) in [5.74, 6) is 0. The highest BCUT2D eigenvalue weighted by Crippen LogP contribution is 2.22. The summed E-state index contributed by atoms with van der Waals surface area (Å²) in [6.45, 7) is 8.74. The van der Waals surface area contributed by atoms with Crippen molar-refractivity contribution in [2.45, 2.75) is 44.9 Å². The maximum atomic E-state index is 4.70. The Hall–Kier alpha value is -0.370. The molecule has 0 fully saturated rings. The van der Waals surface area contributed by atoms with Gasteiger partial charge in [-0.1, -0.05) is 49.7 Å². The fourth-order valence-corrected chi connectivity index (χ4v) is 1.89. The first-order chi connectivity index (χ1) is 6.49. The van der Waals surface area contributed by atoms with Crippen molar-refractivity contribution in [2.75, 3.05) is 0 Å². The van der Waals surface area contributed by atoms with E-state index in [9.17, 15) is 0 Å². The molecule has 78 valence electrons. The lowest BCUT2D eigenvalue weighted by Crippen LogP contribution is -2.15. The molecule has 1 nitrogen and oxygen atoms in total. The molecule has 0 aliphatic carbocycles. The predicted octanol–water partition coefficient (Wildman–Crippen LogP) is 3.84. The summed E-state index contributed by atoms with van der Waals surface area (Å²) in [7, 11) is 0. The van der Waals surface area contributed by atoms with E-state index in [1.807, 2.05) is 0 Å². The molecule has 0 radical (unpaired) electrons. The van der Waals surface area contributed by atoms with Crippen LogP contribution in [0, 0.1) is 0 Å². The number of nitrogens with zero attached hydrogens (tertiary/aromatic N) is 1. The standard InChI is InChI=1S/C12H18BrN/c1-5-10-9(8-13)6-7-11(14-10)12(2,3)4/h6-7H,5,8H2,1-4H3. The van der Waals surface area contributed by atoms with E-state index in [0.717, 1.165) is 11.8 Å². The summed E-state index contributed by atoms with van der Waals surface area (Å²) in [4.78, 5) is 4.70. The topological polar surface area (TPSA) is 12.9 Å². The molecule has 0 bridgehead atoms. The number of aromatic nitrogens is 1. The van der Waals surface area contributed by atoms with Gasteiger partial charge in [-0.15, -0.1) is 0 Å². The minimum atomic E-state index is 0.148. The molecule has 1 aromatic heterocycles. The van der Waals surface area contributed by atoms with Gasteiger partial charge in [-0.2, -0.15) is 0 Å². The zero-order valence-corrected chi connectivity index (χ0v) is 11.0. The van der Waals surface area contributed by atoms with E-state index in [1.54, 1.807) is 0 Å². The minimum Gasteiger partial charge on any atom is -0.257 e. The SMILES string of the molecule is CCc1nc(C(C)(C)C)ccc1CBr. The Balaban J connectivity index is 3.14. The quantitative estimate of drug-likeness (QED) is 0.733. The average Bonchev–Trinajstić information content (AvgIpc) is 2.15. The van der Waals surface area contributed by atoms with E-state index in [0.29, 0.717) is 0 Å². The van der Waals surface area contributed by atoms with E-state index >= 15 is 0 Å². The van der Waals surface area contributed by atoms with Crippen molar-refractivity contribution in [3.63, 3.8) is 0 Å². The van der Waals surface area contributed by atoms with Crippen LogP contribution in [0.4, 0.5) is 0 Å². The maximum Gasteiger partial charge on any atom is 0.0460 e. The molecule has 0 aromatic carbocycles. The van der Waals surface area contributed by atoms with Crippen LogP contribution in [0.2, 0.25) is 0 Å². The molecule has 14 heavy (non-hydrogen) atoms. The van der Waals surface area contributed by atoms with Crippen LogP contribution in [0.25, 0.3) is 0 Å². The van der Waals surface area contributed by atoms with Gasteiger partial charge in [0.05, 0.1) is 0 Å². The van der Waals surface area contributed by atoms with Crippen molar-refractivity contribution in [2.24, 2.45) is 0 Å². The smallest absolute Gasteiger partial charge is 0.0460 e. The first-order valence-electron chi connectivity index (χ1n) is 5.04. The highest BCUT2D eigenvalue weighted by Gasteiger charge is 2.16. The highest BCUT2D eigenvalue weighted by molar-refractivity contribution is 9.08. The second-order valence-electron chi connectivity index (χ2n) is 4.54. The van der Waals surface area contributed by atoms with Crippen molar-refractivity contribution < 1.29 is 0 Å². The number of rotatable bonds is 2. The fraction of sp³-hybridized carbons (Fsp3) is 0.583. The lowest BCUT2D eigenvalue weighted by atomic mass is 9.91.